The van der Waals surface area contributed by atoms with Crippen molar-refractivity contribution in [2.45, 2.75) is 6.54 Å². The standard InChI is InChI=1S/C16H15FN2O3/c1-22-15(20)12-3-2-4-14(9-12)19-16(21)18-10-11-5-7-13(17)8-6-11/h2-9H,10H2,1H3,(H2,18,19,21). The molecule has 0 radical (unpaired) electrons. The van der Waals surface area contributed by atoms with Crippen molar-refractivity contribution in [2.75, 3.05) is 12.4 Å². The van der Waals surface area contributed by atoms with E-state index in [4.69, 9.17) is 0 Å². The van der Waals surface area contributed by atoms with Crippen LogP contribution >= 0.6 is 0 Å². The first kappa shape index (κ1) is 15.5. The van der Waals surface area contributed by atoms with Crippen LogP contribution in [0.5, 0.6) is 0 Å². The largest absolute Gasteiger partial charge is 0.465 e. The second-order valence-electron chi connectivity index (χ2n) is 4.51. The SMILES string of the molecule is COC(=O)c1cccc(NC(=O)NCc2ccc(F)cc2)c1. The molecule has 6 heteroatoms. The van der Waals surface area contributed by atoms with Crippen molar-refractivity contribution in [1.82, 2.24) is 5.32 Å². The summed E-state index contributed by atoms with van der Waals surface area (Å²) in [5, 5.41) is 5.25. The van der Waals surface area contributed by atoms with E-state index < -0.39 is 12.0 Å². The molecule has 5 nitrogen and oxygen atoms in total. The molecular weight excluding hydrogens is 287 g/mol. The molecule has 0 unspecified atom stereocenters. The van der Waals surface area contributed by atoms with Crippen molar-refractivity contribution in [3.8, 4) is 0 Å². The number of halogens is 1. The number of hydrogen-bond donors (Lipinski definition) is 2. The van der Waals surface area contributed by atoms with Crippen LogP contribution in [0.3, 0.4) is 0 Å². The number of urea groups is 1. The van der Waals surface area contributed by atoms with Crippen molar-refractivity contribution in [2.24, 2.45) is 0 Å². The van der Waals surface area contributed by atoms with Crippen LogP contribution in [-0.2, 0) is 11.3 Å². The van der Waals surface area contributed by atoms with Gasteiger partial charge >= 0.3 is 12.0 Å². The van der Waals surface area contributed by atoms with Gasteiger partial charge in [-0.1, -0.05) is 18.2 Å². The zero-order chi connectivity index (χ0) is 15.9. The molecule has 0 fully saturated rings. The Morgan fingerprint density at radius 3 is 2.55 bits per heavy atom. The van der Waals surface area contributed by atoms with E-state index in [2.05, 4.69) is 15.4 Å². The highest BCUT2D eigenvalue weighted by Crippen LogP contribution is 2.11. The molecule has 2 aromatic rings. The fourth-order valence-corrected chi connectivity index (χ4v) is 1.80. The summed E-state index contributed by atoms with van der Waals surface area (Å²) in [6.45, 7) is 0.267. The maximum atomic E-state index is 12.8. The minimum absolute atomic E-state index is 0.267. The third-order valence-corrected chi connectivity index (χ3v) is 2.91. The molecule has 0 atom stereocenters. The first-order valence-corrected chi connectivity index (χ1v) is 6.56. The first-order chi connectivity index (χ1) is 10.6. The Bertz CT molecular complexity index is 671. The number of nitrogens with one attached hydrogen (secondary N) is 2. The number of amides is 2. The first-order valence-electron chi connectivity index (χ1n) is 6.56. The molecule has 0 saturated heterocycles. The van der Waals surface area contributed by atoms with Gasteiger partial charge in [-0.25, -0.2) is 14.0 Å². The fraction of sp³-hybridized carbons (Fsp3) is 0.125. The van der Waals surface area contributed by atoms with Crippen LogP contribution in [0.4, 0.5) is 14.9 Å². The number of hydrogen-bond acceptors (Lipinski definition) is 3. The minimum atomic E-state index is -0.477. The molecule has 22 heavy (non-hydrogen) atoms. The third kappa shape index (κ3) is 4.31. The lowest BCUT2D eigenvalue weighted by molar-refractivity contribution is 0.0600. The molecule has 0 spiro atoms. The number of carbonyl (C=O) groups is 2. The van der Waals surface area contributed by atoms with Crippen LogP contribution in [0.1, 0.15) is 15.9 Å². The van der Waals surface area contributed by atoms with Gasteiger partial charge in [0.15, 0.2) is 0 Å². The van der Waals surface area contributed by atoms with Gasteiger partial charge in [0.1, 0.15) is 5.82 Å². The summed E-state index contributed by atoms with van der Waals surface area (Å²) in [6.07, 6.45) is 0. The van der Waals surface area contributed by atoms with E-state index in [-0.39, 0.29) is 12.4 Å². The van der Waals surface area contributed by atoms with E-state index in [1.807, 2.05) is 0 Å². The van der Waals surface area contributed by atoms with Crippen LogP contribution in [0.2, 0.25) is 0 Å². The molecule has 2 amide bonds. The van der Waals surface area contributed by atoms with Crippen LogP contribution < -0.4 is 10.6 Å². The maximum absolute atomic E-state index is 12.8. The fourth-order valence-electron chi connectivity index (χ4n) is 1.80. The molecule has 0 bridgehead atoms. The number of esters is 1. The van der Waals surface area contributed by atoms with Crippen molar-refractivity contribution < 1.29 is 18.7 Å². The molecule has 114 valence electrons. The molecule has 0 aliphatic carbocycles. The van der Waals surface area contributed by atoms with E-state index in [0.717, 1.165) is 5.56 Å². The highest BCUT2D eigenvalue weighted by atomic mass is 19.1. The summed E-state index contributed by atoms with van der Waals surface area (Å²) in [7, 11) is 1.29. The van der Waals surface area contributed by atoms with Gasteiger partial charge in [0.25, 0.3) is 0 Å². The second-order valence-corrected chi connectivity index (χ2v) is 4.51. The minimum Gasteiger partial charge on any atom is -0.465 e. The predicted octanol–water partition coefficient (Wildman–Crippen LogP) is 2.93. The summed E-state index contributed by atoms with van der Waals surface area (Å²) < 4.78 is 17.4. The topological polar surface area (TPSA) is 67.4 Å². The van der Waals surface area contributed by atoms with E-state index in [1.54, 1.807) is 30.3 Å². The molecular formula is C16H15FN2O3. The van der Waals surface area contributed by atoms with Crippen LogP contribution in [0.25, 0.3) is 0 Å². The van der Waals surface area contributed by atoms with Crippen LogP contribution in [0, 0.1) is 5.82 Å². The summed E-state index contributed by atoms with van der Waals surface area (Å²) in [6, 6.07) is 11.8. The van der Waals surface area contributed by atoms with Gasteiger partial charge in [0.05, 0.1) is 12.7 Å². The number of methoxy groups -OCH3 is 1. The Morgan fingerprint density at radius 2 is 1.86 bits per heavy atom. The summed E-state index contributed by atoms with van der Waals surface area (Å²) in [4.78, 5) is 23.2. The van der Waals surface area contributed by atoms with Crippen molar-refractivity contribution in [3.05, 3.63) is 65.5 Å². The summed E-state index contributed by atoms with van der Waals surface area (Å²) in [5.41, 5.74) is 1.60. The number of benzene rings is 2. The highest BCUT2D eigenvalue weighted by molar-refractivity contribution is 5.93. The average molecular weight is 302 g/mol. The molecule has 0 aliphatic rings. The van der Waals surface area contributed by atoms with Gasteiger partial charge in [-0.2, -0.15) is 0 Å². The van der Waals surface area contributed by atoms with Crippen LogP contribution in [-0.4, -0.2) is 19.1 Å². The Morgan fingerprint density at radius 1 is 1.14 bits per heavy atom. The maximum Gasteiger partial charge on any atom is 0.337 e. The van der Waals surface area contributed by atoms with Gasteiger partial charge < -0.3 is 15.4 Å². The summed E-state index contributed by atoms with van der Waals surface area (Å²) in [5.74, 6) is -0.803. The Hall–Kier alpha value is -2.89. The lowest BCUT2D eigenvalue weighted by Gasteiger charge is -2.08. The number of anilines is 1. The van der Waals surface area contributed by atoms with Crippen molar-refractivity contribution in [1.29, 1.82) is 0 Å². The zero-order valence-corrected chi connectivity index (χ0v) is 11.9. The highest BCUT2D eigenvalue weighted by Gasteiger charge is 2.07. The van der Waals surface area contributed by atoms with Gasteiger partial charge in [-0.05, 0) is 35.9 Å². The Balaban J connectivity index is 1.91. The molecule has 2 rings (SSSR count). The molecule has 0 heterocycles. The monoisotopic (exact) mass is 302 g/mol. The zero-order valence-electron chi connectivity index (χ0n) is 11.9. The van der Waals surface area contributed by atoms with Crippen LogP contribution in [0.15, 0.2) is 48.5 Å². The van der Waals surface area contributed by atoms with Crippen molar-refractivity contribution >= 4 is 17.7 Å². The molecule has 2 aromatic carbocycles. The smallest absolute Gasteiger partial charge is 0.337 e. The van der Waals surface area contributed by atoms with Crippen molar-refractivity contribution in [3.63, 3.8) is 0 Å². The molecule has 0 saturated carbocycles. The third-order valence-electron chi connectivity index (χ3n) is 2.91. The molecule has 0 aliphatic heterocycles. The number of rotatable bonds is 4. The normalized spacial score (nSPS) is 9.91. The van der Waals surface area contributed by atoms with Gasteiger partial charge in [0.2, 0.25) is 0 Å². The molecule has 0 aromatic heterocycles. The van der Waals surface area contributed by atoms with E-state index >= 15 is 0 Å². The Kier molecular flexibility index (Phi) is 5.08. The lowest BCUT2D eigenvalue weighted by Crippen LogP contribution is -2.28. The van der Waals surface area contributed by atoms with E-state index in [1.165, 1.54) is 25.3 Å². The Labute approximate surface area is 127 Å². The molecule has 2 N–H and O–H groups in total. The van der Waals surface area contributed by atoms with Gasteiger partial charge in [-0.3, -0.25) is 0 Å². The lowest BCUT2D eigenvalue weighted by atomic mass is 10.2. The number of carbonyl (C=O) groups excluding carboxylic acids is 2. The average Bonchev–Trinajstić information content (AvgIpc) is 2.54. The van der Waals surface area contributed by atoms with E-state index in [9.17, 15) is 14.0 Å². The van der Waals surface area contributed by atoms with E-state index in [0.29, 0.717) is 11.3 Å². The van der Waals surface area contributed by atoms with Gasteiger partial charge in [0, 0.05) is 12.2 Å². The summed E-state index contributed by atoms with van der Waals surface area (Å²) >= 11 is 0. The predicted molar refractivity (Wildman–Crippen MR) is 80.0 cm³/mol. The second kappa shape index (κ2) is 7.21. The van der Waals surface area contributed by atoms with Gasteiger partial charge in [-0.15, -0.1) is 0 Å². The number of ether oxygens (including phenoxy) is 1. The quantitative estimate of drug-likeness (QED) is 0.853.